The first-order chi connectivity index (χ1) is 9.84. The third kappa shape index (κ3) is 5.35. The van der Waals surface area contributed by atoms with Gasteiger partial charge in [0.25, 0.3) is 0 Å². The van der Waals surface area contributed by atoms with Gasteiger partial charge in [-0.2, -0.15) is 10.2 Å². The molecule has 0 aliphatic heterocycles. The van der Waals surface area contributed by atoms with Gasteiger partial charge in [-0.25, -0.2) is 0 Å². The minimum Gasteiger partial charge on any atom is -0.151 e. The molecule has 0 bridgehead atoms. The fourth-order valence-corrected chi connectivity index (χ4v) is 1.76. The van der Waals surface area contributed by atoms with Crippen molar-refractivity contribution in [2.45, 2.75) is 6.42 Å². The smallest absolute Gasteiger partial charge is 0.0857 e. The van der Waals surface area contributed by atoms with Gasteiger partial charge in [0.15, 0.2) is 0 Å². The molecule has 0 spiro atoms. The Morgan fingerprint density at radius 3 is 1.55 bits per heavy atom. The van der Waals surface area contributed by atoms with Crippen LogP contribution in [0.15, 0.2) is 93.6 Å². The van der Waals surface area contributed by atoms with E-state index in [-0.39, 0.29) is 0 Å². The van der Waals surface area contributed by atoms with E-state index >= 15 is 0 Å². The van der Waals surface area contributed by atoms with Gasteiger partial charge in [-0.1, -0.05) is 36.4 Å². The van der Waals surface area contributed by atoms with E-state index in [2.05, 4.69) is 32.3 Å². The first-order valence-corrected chi connectivity index (χ1v) is 6.91. The molecule has 0 heterocycles. The summed E-state index contributed by atoms with van der Waals surface area (Å²) < 4.78 is 1.22. The minimum absolute atomic E-state index is 0.872. The second-order valence-corrected chi connectivity index (χ2v) is 4.81. The molecule has 101 valence electrons. The summed E-state index contributed by atoms with van der Waals surface area (Å²) in [6.07, 6.45) is 7.21. The third-order valence-corrected chi connectivity index (χ3v) is 2.92. The molecule has 0 atom stereocenters. The zero-order chi connectivity index (χ0) is 14.0. The van der Waals surface area contributed by atoms with E-state index < -0.39 is 0 Å². The predicted octanol–water partition coefficient (Wildman–Crippen LogP) is 5.48. The van der Waals surface area contributed by atoms with Crippen LogP contribution in [0.25, 0.3) is 0 Å². The number of azo groups is 1. The summed E-state index contributed by atoms with van der Waals surface area (Å²) in [5.41, 5.74) is 1.74. The molecule has 1 aliphatic rings. The second-order valence-electron chi connectivity index (χ2n) is 4.10. The van der Waals surface area contributed by atoms with Crippen LogP contribution >= 0.6 is 0 Å². The number of hydrogen-bond donors (Lipinski definition) is 0. The van der Waals surface area contributed by atoms with E-state index in [0.29, 0.717) is 0 Å². The van der Waals surface area contributed by atoms with Crippen LogP contribution < -0.4 is 0 Å². The Morgan fingerprint density at radius 1 is 0.750 bits per heavy atom. The van der Waals surface area contributed by atoms with E-state index in [1.54, 1.807) is 0 Å². The van der Waals surface area contributed by atoms with Gasteiger partial charge in [0, 0.05) is 0 Å². The molecule has 0 radical (unpaired) electrons. The molecule has 0 fully saturated rings. The van der Waals surface area contributed by atoms with Crippen LogP contribution in [0, 0.1) is 0 Å². The molecule has 3 heteroatoms. The first kappa shape index (κ1) is 14.4. The maximum Gasteiger partial charge on any atom is 0.0857 e. The minimum atomic E-state index is 0.872. The molecule has 1 aliphatic carbocycles. The average molecular weight is 303 g/mol. The van der Waals surface area contributed by atoms with Crippen LogP contribution in [0.3, 0.4) is 0 Å². The van der Waals surface area contributed by atoms with Gasteiger partial charge in [-0.3, -0.25) is 0 Å². The molecule has 0 unspecified atom stereocenters. The van der Waals surface area contributed by atoms with Crippen molar-refractivity contribution in [2.24, 2.45) is 10.2 Å². The van der Waals surface area contributed by atoms with E-state index in [0.717, 1.165) is 17.8 Å². The number of nitrogens with zero attached hydrogens (tertiary/aromatic N) is 2. The summed E-state index contributed by atoms with van der Waals surface area (Å²) in [4.78, 5) is 0. The predicted molar refractivity (Wildman–Crippen MR) is 78.9 cm³/mol. The molecular formula is C17H15FeN2. The standard InChI is InChI=1S/C12H10N2.C5H5.Fe/c1-3-7-11(8-4-1)13-14-12-9-5-2-6-10-12;1-2-4-5-3-1;/h1-10H;1-3H,4H2;. The Balaban J connectivity index is 0.000000205. The van der Waals surface area contributed by atoms with Crippen molar-refractivity contribution in [1.29, 1.82) is 0 Å². The molecule has 0 N–H and O–H groups in total. The Hall–Kier alpha value is -1.96. The first-order valence-electron chi connectivity index (χ1n) is 6.36. The zero-order valence-corrected chi connectivity index (χ0v) is 12.1. The molecule has 20 heavy (non-hydrogen) atoms. The van der Waals surface area contributed by atoms with Gasteiger partial charge in [0.05, 0.1) is 11.4 Å². The summed E-state index contributed by atoms with van der Waals surface area (Å²) in [5.74, 6) is 0. The van der Waals surface area contributed by atoms with E-state index in [9.17, 15) is 0 Å². The molecule has 2 aromatic carbocycles. The molecular weight excluding hydrogens is 288 g/mol. The van der Waals surface area contributed by atoms with Crippen LogP contribution in [-0.2, 0) is 16.0 Å². The Bertz CT molecular complexity index is 560. The summed E-state index contributed by atoms with van der Waals surface area (Å²) >= 11 is 3.74. The quantitative estimate of drug-likeness (QED) is 0.518. The largest absolute Gasteiger partial charge is 0.151 e. The monoisotopic (exact) mass is 303 g/mol. The second kappa shape index (κ2) is 8.26. The van der Waals surface area contributed by atoms with Crippen LogP contribution in [0.1, 0.15) is 6.42 Å². The SMILES string of the molecule is [Fe][C]1=CC=CC1.c1ccc(N=Nc2ccccc2)cc1. The van der Waals surface area contributed by atoms with Gasteiger partial charge >= 0.3 is 45.1 Å². The van der Waals surface area contributed by atoms with Crippen LogP contribution in [-0.4, -0.2) is 0 Å². The number of benzene rings is 2. The maximum atomic E-state index is 4.10. The Labute approximate surface area is 127 Å². The van der Waals surface area contributed by atoms with Crippen molar-refractivity contribution in [3.8, 4) is 0 Å². The molecule has 2 nitrogen and oxygen atoms in total. The summed E-state index contributed by atoms with van der Waals surface area (Å²) in [7, 11) is 0. The molecule has 3 rings (SSSR count). The van der Waals surface area contributed by atoms with Crippen molar-refractivity contribution in [3.05, 3.63) is 83.4 Å². The normalized spacial score (nSPS) is 12.9. The molecule has 0 saturated heterocycles. The topological polar surface area (TPSA) is 24.7 Å². The Kier molecular flexibility index (Phi) is 5.97. The van der Waals surface area contributed by atoms with Crippen LogP contribution in [0.2, 0.25) is 0 Å². The number of hydrogen-bond acceptors (Lipinski definition) is 2. The van der Waals surface area contributed by atoms with Crippen molar-refractivity contribution >= 4 is 11.4 Å². The fraction of sp³-hybridized carbons (Fsp3) is 0.0588. The average Bonchev–Trinajstić information content (AvgIpc) is 2.99. The van der Waals surface area contributed by atoms with Gasteiger partial charge < -0.3 is 0 Å². The van der Waals surface area contributed by atoms with Crippen molar-refractivity contribution < 1.29 is 16.0 Å². The summed E-state index contributed by atoms with van der Waals surface area (Å²) in [6.45, 7) is 0. The third-order valence-electron chi connectivity index (χ3n) is 2.51. The van der Waals surface area contributed by atoms with E-state index in [4.69, 9.17) is 0 Å². The fourth-order valence-electron chi connectivity index (χ4n) is 1.52. The van der Waals surface area contributed by atoms with E-state index in [1.807, 2.05) is 72.8 Å². The van der Waals surface area contributed by atoms with Crippen molar-refractivity contribution in [3.63, 3.8) is 0 Å². The molecule has 0 amide bonds. The number of rotatable bonds is 2. The van der Waals surface area contributed by atoms with Crippen LogP contribution in [0.4, 0.5) is 11.4 Å². The van der Waals surface area contributed by atoms with E-state index in [1.165, 1.54) is 4.47 Å². The molecule has 0 saturated carbocycles. The van der Waals surface area contributed by atoms with Crippen molar-refractivity contribution in [1.82, 2.24) is 0 Å². The zero-order valence-electron chi connectivity index (χ0n) is 11.0. The van der Waals surface area contributed by atoms with Crippen molar-refractivity contribution in [2.75, 3.05) is 0 Å². The molecule has 0 aromatic heterocycles. The van der Waals surface area contributed by atoms with Gasteiger partial charge in [0.2, 0.25) is 0 Å². The summed E-state index contributed by atoms with van der Waals surface area (Å²) in [5, 5.41) is 8.20. The molecule has 2 aromatic rings. The maximum absolute atomic E-state index is 4.10. The van der Waals surface area contributed by atoms with Gasteiger partial charge in [0.1, 0.15) is 0 Å². The van der Waals surface area contributed by atoms with Gasteiger partial charge in [-0.05, 0) is 24.3 Å². The number of allylic oxidation sites excluding steroid dienone is 4. The summed E-state index contributed by atoms with van der Waals surface area (Å²) in [6, 6.07) is 19.4. The Morgan fingerprint density at radius 2 is 1.25 bits per heavy atom. The van der Waals surface area contributed by atoms with Gasteiger partial charge in [-0.15, -0.1) is 0 Å². The van der Waals surface area contributed by atoms with Crippen LogP contribution in [0.5, 0.6) is 0 Å².